The monoisotopic (exact) mass is 374 g/mol. The molecule has 0 fully saturated rings. The fourth-order valence-electron chi connectivity index (χ4n) is 2.66. The van der Waals surface area contributed by atoms with Crippen LogP contribution in [0.5, 0.6) is 5.75 Å². The van der Waals surface area contributed by atoms with Crippen molar-refractivity contribution in [3.63, 3.8) is 0 Å². The van der Waals surface area contributed by atoms with E-state index in [-0.39, 0.29) is 29.8 Å². The van der Waals surface area contributed by atoms with Gasteiger partial charge in [0.25, 0.3) is 0 Å². The van der Waals surface area contributed by atoms with Gasteiger partial charge in [-0.15, -0.1) is 0 Å². The number of nitrogens with two attached hydrogens (primary N) is 2. The minimum Gasteiger partial charge on any atom is -0.492 e. The van der Waals surface area contributed by atoms with Crippen molar-refractivity contribution in [1.82, 2.24) is 10.3 Å². The first-order valence-corrected chi connectivity index (χ1v) is 8.62. The minimum absolute atomic E-state index is 0.0296. The maximum absolute atomic E-state index is 12.4. The Labute approximate surface area is 158 Å². The molecule has 0 bridgehead atoms. The van der Waals surface area contributed by atoms with E-state index >= 15 is 0 Å². The van der Waals surface area contributed by atoms with E-state index in [1.807, 2.05) is 13.8 Å². The lowest BCUT2D eigenvalue weighted by Gasteiger charge is -2.25. The molecule has 8 heteroatoms. The van der Waals surface area contributed by atoms with Crippen molar-refractivity contribution in [2.75, 3.05) is 12.3 Å². The van der Waals surface area contributed by atoms with Crippen LogP contribution in [0.15, 0.2) is 18.2 Å². The Hall–Kier alpha value is -2.87. The summed E-state index contributed by atoms with van der Waals surface area (Å²) >= 11 is 0. The lowest BCUT2D eigenvalue weighted by molar-refractivity contribution is -0.131. The largest absolute Gasteiger partial charge is 0.492 e. The van der Waals surface area contributed by atoms with E-state index in [9.17, 15) is 9.59 Å². The molecule has 2 aromatic rings. The number of amides is 1. The molecule has 1 aromatic carbocycles. The normalized spacial score (nSPS) is 11.5. The molecule has 0 aliphatic heterocycles. The number of ether oxygens (including phenoxy) is 1. The van der Waals surface area contributed by atoms with E-state index < -0.39 is 11.4 Å². The molecule has 1 heterocycles. The Morgan fingerprint density at radius 2 is 1.96 bits per heavy atom. The van der Waals surface area contributed by atoms with Crippen molar-refractivity contribution < 1.29 is 19.2 Å². The first kappa shape index (κ1) is 20.4. The fourth-order valence-corrected chi connectivity index (χ4v) is 2.66. The molecule has 0 radical (unpaired) electrons. The number of carbonyl (C=O) groups is 2. The van der Waals surface area contributed by atoms with Crippen molar-refractivity contribution >= 4 is 28.5 Å². The fraction of sp³-hybridized carbons (Fsp3) is 0.421. The average molecular weight is 374 g/mol. The number of hydrogen-bond donors (Lipinski definition) is 3. The van der Waals surface area contributed by atoms with Crippen molar-refractivity contribution in [3.8, 4) is 5.75 Å². The van der Waals surface area contributed by atoms with Gasteiger partial charge in [-0.3, -0.25) is 9.78 Å². The first-order chi connectivity index (χ1) is 12.6. The van der Waals surface area contributed by atoms with Gasteiger partial charge in [0.1, 0.15) is 17.9 Å². The van der Waals surface area contributed by atoms with Gasteiger partial charge in [-0.25, -0.2) is 4.79 Å². The number of benzene rings is 1. The number of aromatic nitrogens is 1. The summed E-state index contributed by atoms with van der Waals surface area (Å²) in [7, 11) is 0. The van der Waals surface area contributed by atoms with Crippen LogP contribution in [0.25, 0.3) is 10.9 Å². The molecule has 5 N–H and O–H groups in total. The molecular formula is C19H26N4O4. The van der Waals surface area contributed by atoms with Crippen molar-refractivity contribution in [3.05, 3.63) is 29.5 Å². The van der Waals surface area contributed by atoms with Gasteiger partial charge in [-0.05, 0) is 46.8 Å². The zero-order chi connectivity index (χ0) is 20.4. The predicted molar refractivity (Wildman–Crippen MR) is 103 cm³/mol. The van der Waals surface area contributed by atoms with Crippen LogP contribution in [0.4, 0.5) is 5.69 Å². The van der Waals surface area contributed by atoms with E-state index in [0.717, 1.165) is 0 Å². The maximum atomic E-state index is 12.4. The highest BCUT2D eigenvalue weighted by Crippen LogP contribution is 2.34. The molecule has 0 aliphatic carbocycles. The van der Waals surface area contributed by atoms with E-state index in [0.29, 0.717) is 22.3 Å². The maximum Gasteiger partial charge on any atom is 0.360 e. The second-order valence-corrected chi connectivity index (χ2v) is 7.34. The summed E-state index contributed by atoms with van der Waals surface area (Å²) in [4.78, 5) is 33.0. The molecule has 1 amide bonds. The Balaban J connectivity index is 2.42. The molecule has 2 rings (SSSR count). The van der Waals surface area contributed by atoms with Crippen LogP contribution in [-0.4, -0.2) is 29.5 Å². The molecule has 0 aliphatic rings. The van der Waals surface area contributed by atoms with Gasteiger partial charge in [0.15, 0.2) is 0 Å². The first-order valence-electron chi connectivity index (χ1n) is 8.62. The molecular weight excluding hydrogens is 348 g/mol. The highest BCUT2D eigenvalue weighted by Gasteiger charge is 2.29. The summed E-state index contributed by atoms with van der Waals surface area (Å²) in [5.74, 6) is 4.54. The van der Waals surface area contributed by atoms with Crippen molar-refractivity contribution in [2.24, 2.45) is 11.3 Å². The van der Waals surface area contributed by atoms with Gasteiger partial charge >= 0.3 is 5.97 Å². The standard InChI is InChI=1S/C19H26N4O4/c1-10(2)22-18(25)19(4,5)9-26-13-8-6-7-12-15(13)16(20)14(11(3)23-12)17(24)27-21/h6-8,10H,9,21H2,1-5H3,(H2,20,23)(H,22,25). The molecule has 8 nitrogen and oxygen atoms in total. The number of nitrogens with one attached hydrogen (secondary N) is 1. The van der Waals surface area contributed by atoms with E-state index in [4.69, 9.17) is 16.4 Å². The van der Waals surface area contributed by atoms with Crippen molar-refractivity contribution in [1.29, 1.82) is 0 Å². The Morgan fingerprint density at radius 3 is 2.56 bits per heavy atom. The number of carbonyl (C=O) groups excluding carboxylic acids is 2. The van der Waals surface area contributed by atoms with Crippen LogP contribution in [0.2, 0.25) is 0 Å². The van der Waals surface area contributed by atoms with Crippen LogP contribution in [0, 0.1) is 12.3 Å². The van der Waals surface area contributed by atoms with Gasteiger partial charge in [-0.1, -0.05) is 6.07 Å². The Bertz CT molecular complexity index is 878. The third-order valence-electron chi connectivity index (χ3n) is 4.13. The van der Waals surface area contributed by atoms with Gasteiger partial charge in [0.05, 0.1) is 27.7 Å². The van der Waals surface area contributed by atoms with Gasteiger partial charge in [0, 0.05) is 6.04 Å². The molecule has 0 spiro atoms. The number of hydrogen-bond acceptors (Lipinski definition) is 7. The zero-order valence-corrected chi connectivity index (χ0v) is 16.3. The van der Waals surface area contributed by atoms with Crippen LogP contribution < -0.4 is 21.7 Å². The smallest absolute Gasteiger partial charge is 0.360 e. The quantitative estimate of drug-likeness (QED) is 0.660. The highest BCUT2D eigenvalue weighted by molar-refractivity contribution is 6.07. The van der Waals surface area contributed by atoms with E-state index in [2.05, 4.69) is 15.1 Å². The Kier molecular flexibility index (Phi) is 5.90. The molecule has 1 aromatic heterocycles. The van der Waals surface area contributed by atoms with Gasteiger partial charge in [0.2, 0.25) is 5.91 Å². The zero-order valence-electron chi connectivity index (χ0n) is 16.3. The molecule has 27 heavy (non-hydrogen) atoms. The number of rotatable bonds is 6. The SMILES string of the molecule is Cc1nc2cccc(OCC(C)(C)C(=O)NC(C)C)c2c(N)c1C(=O)ON. The molecule has 146 valence electrons. The Morgan fingerprint density at radius 1 is 1.30 bits per heavy atom. The summed E-state index contributed by atoms with van der Waals surface area (Å²) in [6.45, 7) is 9.14. The summed E-state index contributed by atoms with van der Waals surface area (Å²) < 4.78 is 5.91. The van der Waals surface area contributed by atoms with Gasteiger partial charge in [-0.2, -0.15) is 5.90 Å². The number of nitrogens with zero attached hydrogens (tertiary/aromatic N) is 1. The van der Waals surface area contributed by atoms with E-state index in [1.54, 1.807) is 39.0 Å². The number of aryl methyl sites for hydroxylation is 1. The number of anilines is 1. The van der Waals surface area contributed by atoms with E-state index in [1.165, 1.54) is 0 Å². The summed E-state index contributed by atoms with van der Waals surface area (Å²) in [5.41, 5.74) is 6.69. The van der Waals surface area contributed by atoms with Crippen LogP contribution in [-0.2, 0) is 9.63 Å². The summed E-state index contributed by atoms with van der Waals surface area (Å²) in [6, 6.07) is 5.27. The topological polar surface area (TPSA) is 130 Å². The second kappa shape index (κ2) is 7.79. The van der Waals surface area contributed by atoms with Crippen molar-refractivity contribution in [2.45, 2.75) is 40.7 Å². The summed E-state index contributed by atoms with van der Waals surface area (Å²) in [6.07, 6.45) is 0. The van der Waals surface area contributed by atoms with Crippen LogP contribution in [0.1, 0.15) is 43.7 Å². The third kappa shape index (κ3) is 4.28. The molecule has 0 saturated carbocycles. The number of pyridine rings is 1. The predicted octanol–water partition coefficient (Wildman–Crippen LogP) is 2.09. The van der Waals surface area contributed by atoms with Crippen LogP contribution >= 0.6 is 0 Å². The molecule has 0 saturated heterocycles. The van der Waals surface area contributed by atoms with Gasteiger partial charge < -0.3 is 20.6 Å². The average Bonchev–Trinajstić information content (AvgIpc) is 2.58. The summed E-state index contributed by atoms with van der Waals surface area (Å²) in [5, 5.41) is 3.35. The molecule has 0 unspecified atom stereocenters. The molecule has 0 atom stereocenters. The minimum atomic E-state index is -0.772. The lowest BCUT2D eigenvalue weighted by Crippen LogP contribution is -2.43. The number of nitrogen functional groups attached to an aromatic ring is 1. The lowest BCUT2D eigenvalue weighted by atomic mass is 9.93. The second-order valence-electron chi connectivity index (χ2n) is 7.34. The highest BCUT2D eigenvalue weighted by atomic mass is 16.7. The number of fused-ring (bicyclic) bond motifs is 1. The van der Waals surface area contributed by atoms with Crippen LogP contribution in [0.3, 0.4) is 0 Å². The third-order valence-corrected chi connectivity index (χ3v) is 4.13.